The number of hydrogen-bond donors (Lipinski definition) is 0. The summed E-state index contributed by atoms with van der Waals surface area (Å²) in [5, 5.41) is 0. The van der Waals surface area contributed by atoms with Gasteiger partial charge in [-0.05, 0) is 92.6 Å². The molecule has 2 aliphatic carbocycles. The van der Waals surface area contributed by atoms with Crippen molar-refractivity contribution in [1.29, 1.82) is 0 Å². The molecule has 27 heavy (non-hydrogen) atoms. The molecule has 0 saturated heterocycles. The first-order chi connectivity index (χ1) is 13.3. The van der Waals surface area contributed by atoms with Crippen LogP contribution >= 0.6 is 0 Å². The molecule has 2 saturated carbocycles. The Morgan fingerprint density at radius 1 is 0.889 bits per heavy atom. The second-order valence-electron chi connectivity index (χ2n) is 9.13. The summed E-state index contributed by atoms with van der Waals surface area (Å²) in [5.74, 6) is 3.85. The number of hydrogen-bond acceptors (Lipinski definition) is 0. The van der Waals surface area contributed by atoms with E-state index in [1.165, 1.54) is 82.6 Å². The maximum atomic E-state index is 3.76. The maximum Gasteiger partial charge on any atom is -0.0162 e. The van der Waals surface area contributed by atoms with Crippen molar-refractivity contribution in [2.24, 2.45) is 17.8 Å². The third kappa shape index (κ3) is 6.09. The highest BCUT2D eigenvalue weighted by atomic mass is 14.4. The van der Waals surface area contributed by atoms with Gasteiger partial charge in [-0.15, -0.1) is 0 Å². The molecule has 0 nitrogen and oxygen atoms in total. The average molecular weight is 365 g/mol. The number of benzene rings is 1. The zero-order chi connectivity index (χ0) is 18.9. The molecule has 3 rings (SSSR count). The minimum atomic E-state index is 0.824. The van der Waals surface area contributed by atoms with E-state index in [0.717, 1.165) is 23.7 Å². The predicted octanol–water partition coefficient (Wildman–Crippen LogP) is 8.24. The van der Waals surface area contributed by atoms with Gasteiger partial charge in [0.2, 0.25) is 0 Å². The molecular weight excluding hydrogens is 324 g/mol. The topological polar surface area (TPSA) is 0 Å². The van der Waals surface area contributed by atoms with Crippen molar-refractivity contribution in [3.8, 4) is 0 Å². The van der Waals surface area contributed by atoms with Gasteiger partial charge in [-0.3, -0.25) is 0 Å². The lowest BCUT2D eigenvalue weighted by atomic mass is 9.68. The third-order valence-corrected chi connectivity index (χ3v) is 7.33. The molecule has 148 valence electrons. The second-order valence-corrected chi connectivity index (χ2v) is 9.13. The minimum absolute atomic E-state index is 0.824. The highest BCUT2D eigenvalue weighted by Crippen LogP contribution is 2.44. The van der Waals surface area contributed by atoms with Crippen molar-refractivity contribution in [2.45, 2.75) is 89.9 Å². The first-order valence-corrected chi connectivity index (χ1v) is 11.7. The number of aryl methyl sites for hydroxylation is 1. The molecule has 0 aliphatic heterocycles. The average Bonchev–Trinajstić information content (AvgIpc) is 2.73. The van der Waals surface area contributed by atoms with Gasteiger partial charge >= 0.3 is 0 Å². The van der Waals surface area contributed by atoms with E-state index in [4.69, 9.17) is 0 Å². The van der Waals surface area contributed by atoms with E-state index in [0.29, 0.717) is 0 Å². The van der Waals surface area contributed by atoms with Crippen LogP contribution in [0.25, 0.3) is 0 Å². The lowest BCUT2D eigenvalue weighted by Gasteiger charge is -2.38. The normalized spacial score (nSPS) is 29.1. The Kier molecular flexibility index (Phi) is 8.24. The van der Waals surface area contributed by atoms with Gasteiger partial charge in [0.1, 0.15) is 0 Å². The van der Waals surface area contributed by atoms with Crippen molar-refractivity contribution < 1.29 is 0 Å². The molecule has 2 aliphatic rings. The van der Waals surface area contributed by atoms with Crippen LogP contribution in [-0.2, 0) is 6.42 Å². The van der Waals surface area contributed by atoms with E-state index >= 15 is 0 Å². The van der Waals surface area contributed by atoms with Crippen LogP contribution in [0.5, 0.6) is 0 Å². The van der Waals surface area contributed by atoms with Crippen LogP contribution in [0.3, 0.4) is 0 Å². The number of rotatable bonds is 8. The van der Waals surface area contributed by atoms with Gasteiger partial charge < -0.3 is 0 Å². The molecule has 0 atom stereocenters. The molecule has 0 N–H and O–H groups in total. The van der Waals surface area contributed by atoms with Gasteiger partial charge in [-0.2, -0.15) is 0 Å². The molecule has 0 radical (unpaired) electrons. The second kappa shape index (κ2) is 10.9. The van der Waals surface area contributed by atoms with Crippen molar-refractivity contribution in [3.63, 3.8) is 0 Å². The summed E-state index contributed by atoms with van der Waals surface area (Å²) in [6, 6.07) is 9.58. The first kappa shape index (κ1) is 20.4. The molecule has 0 bridgehead atoms. The van der Waals surface area contributed by atoms with Crippen LogP contribution in [-0.4, -0.2) is 0 Å². The summed E-state index contributed by atoms with van der Waals surface area (Å²) in [7, 11) is 0. The molecule has 0 amide bonds. The Morgan fingerprint density at radius 3 is 2.11 bits per heavy atom. The Morgan fingerprint density at radius 2 is 1.52 bits per heavy atom. The molecular formula is C27H40. The van der Waals surface area contributed by atoms with Crippen LogP contribution in [0, 0.1) is 17.8 Å². The first-order valence-electron chi connectivity index (χ1n) is 11.7. The summed E-state index contributed by atoms with van der Waals surface area (Å²) < 4.78 is 0. The van der Waals surface area contributed by atoms with Crippen LogP contribution in [0.2, 0.25) is 0 Å². The zero-order valence-electron chi connectivity index (χ0n) is 17.5. The molecule has 1 aromatic carbocycles. The van der Waals surface area contributed by atoms with E-state index in [2.05, 4.69) is 49.9 Å². The Labute approximate surface area is 168 Å². The van der Waals surface area contributed by atoms with Gasteiger partial charge in [-0.25, -0.2) is 0 Å². The lowest BCUT2D eigenvalue weighted by Crippen LogP contribution is -2.25. The monoisotopic (exact) mass is 364 g/mol. The fraction of sp³-hybridized carbons (Fsp3) is 0.630. The predicted molar refractivity (Wildman–Crippen MR) is 119 cm³/mol. The van der Waals surface area contributed by atoms with E-state index in [1.54, 1.807) is 5.56 Å². The Balaban J connectivity index is 1.39. The van der Waals surface area contributed by atoms with Crippen LogP contribution in [0.1, 0.15) is 94.6 Å². The third-order valence-electron chi connectivity index (χ3n) is 7.33. The summed E-state index contributed by atoms with van der Waals surface area (Å²) >= 11 is 0. The van der Waals surface area contributed by atoms with E-state index in [9.17, 15) is 0 Å². The van der Waals surface area contributed by atoms with Gasteiger partial charge in [0.25, 0.3) is 0 Å². The fourth-order valence-electron chi connectivity index (χ4n) is 5.64. The van der Waals surface area contributed by atoms with E-state index < -0.39 is 0 Å². The van der Waals surface area contributed by atoms with Crippen molar-refractivity contribution >= 4 is 0 Å². The van der Waals surface area contributed by atoms with Gasteiger partial charge in [0, 0.05) is 0 Å². The highest BCUT2D eigenvalue weighted by molar-refractivity contribution is 5.26. The summed E-state index contributed by atoms with van der Waals surface area (Å²) in [6.45, 7) is 6.02. The molecule has 0 spiro atoms. The van der Waals surface area contributed by atoms with E-state index in [-0.39, 0.29) is 0 Å². The highest BCUT2D eigenvalue weighted by Gasteiger charge is 2.31. The molecule has 0 heterocycles. The smallest absolute Gasteiger partial charge is 0.0162 e. The zero-order valence-corrected chi connectivity index (χ0v) is 17.5. The largest absolute Gasteiger partial charge is 0.0991 e. The van der Waals surface area contributed by atoms with Crippen molar-refractivity contribution in [2.75, 3.05) is 0 Å². The van der Waals surface area contributed by atoms with Crippen LogP contribution < -0.4 is 0 Å². The molecule has 0 aromatic heterocycles. The SMILES string of the molecule is C=C/C=C/CCC1CCC(C2CCC(c3ccc(CCC)cc3)CC2)CC1. The van der Waals surface area contributed by atoms with E-state index in [1.807, 2.05) is 6.08 Å². The van der Waals surface area contributed by atoms with Crippen molar-refractivity contribution in [3.05, 3.63) is 60.2 Å². The summed E-state index contributed by atoms with van der Waals surface area (Å²) in [6.07, 6.45) is 23.1. The Bertz CT molecular complexity index is 563. The maximum absolute atomic E-state index is 3.76. The van der Waals surface area contributed by atoms with Crippen LogP contribution in [0.4, 0.5) is 0 Å². The van der Waals surface area contributed by atoms with Gasteiger partial charge in [0.15, 0.2) is 0 Å². The van der Waals surface area contributed by atoms with Gasteiger partial charge in [-0.1, -0.05) is 75.3 Å². The number of allylic oxidation sites excluding steroid dienone is 3. The summed E-state index contributed by atoms with van der Waals surface area (Å²) in [4.78, 5) is 0. The van der Waals surface area contributed by atoms with Crippen LogP contribution in [0.15, 0.2) is 49.1 Å². The molecule has 0 unspecified atom stereocenters. The van der Waals surface area contributed by atoms with Crippen molar-refractivity contribution in [1.82, 2.24) is 0 Å². The quantitative estimate of drug-likeness (QED) is 0.407. The minimum Gasteiger partial charge on any atom is -0.0991 e. The molecule has 2 fully saturated rings. The van der Waals surface area contributed by atoms with Gasteiger partial charge in [0.05, 0.1) is 0 Å². The Hall–Kier alpha value is -1.30. The fourth-order valence-corrected chi connectivity index (χ4v) is 5.64. The molecule has 0 heteroatoms. The lowest BCUT2D eigenvalue weighted by molar-refractivity contribution is 0.157. The molecule has 1 aromatic rings. The summed E-state index contributed by atoms with van der Waals surface area (Å²) in [5.41, 5.74) is 3.11. The standard InChI is InChI=1S/C27H40/c1-3-5-6-7-9-23-12-16-25(17-13-23)27-20-18-26(19-21-27)24-14-10-22(8-4-2)11-15-24/h3,5-6,10-11,14-15,23,25-27H,1,4,7-9,12-13,16-21H2,2H3/b6-5+.